The molecule has 0 saturated carbocycles. The molecule has 0 radical (unpaired) electrons. The second-order valence-electron chi connectivity index (χ2n) is 4.58. The zero-order valence-electron chi connectivity index (χ0n) is 11.5. The summed E-state index contributed by atoms with van der Waals surface area (Å²) in [4.78, 5) is 21.5. The lowest BCUT2D eigenvalue weighted by atomic mass is 10.1. The third-order valence-electron chi connectivity index (χ3n) is 2.72. The van der Waals surface area contributed by atoms with Crippen LogP contribution in [0, 0.1) is 16.0 Å². The highest BCUT2D eigenvalue weighted by Crippen LogP contribution is 2.30. The predicted molar refractivity (Wildman–Crippen MR) is 77.2 cm³/mol. The summed E-state index contributed by atoms with van der Waals surface area (Å²) in [6.07, 6.45) is 0. The molecule has 0 fully saturated rings. The predicted octanol–water partition coefficient (Wildman–Crippen LogP) is 2.95. The van der Waals surface area contributed by atoms with E-state index in [0.29, 0.717) is 11.3 Å². The van der Waals surface area contributed by atoms with E-state index in [9.17, 15) is 14.9 Å². The summed E-state index contributed by atoms with van der Waals surface area (Å²) in [6.45, 7) is 3.67. The van der Waals surface area contributed by atoms with Crippen molar-refractivity contribution in [3.63, 3.8) is 0 Å². The summed E-state index contributed by atoms with van der Waals surface area (Å²) in [6, 6.07) is 4.66. The number of hydrogen-bond donors (Lipinski definition) is 1. The summed E-state index contributed by atoms with van der Waals surface area (Å²) in [7, 11) is 1.37. The van der Waals surface area contributed by atoms with Crippen LogP contribution in [0.4, 0.5) is 5.69 Å². The monoisotopic (exact) mass is 299 g/mol. The van der Waals surface area contributed by atoms with Gasteiger partial charge < -0.3 is 9.84 Å². The molecule has 0 aliphatic heterocycles. The Morgan fingerprint density at radius 3 is 2.60 bits per heavy atom. The lowest BCUT2D eigenvalue weighted by Crippen LogP contribution is -2.22. The van der Waals surface area contributed by atoms with Crippen molar-refractivity contribution in [2.24, 2.45) is 5.92 Å². The van der Waals surface area contributed by atoms with Gasteiger partial charge in [-0.2, -0.15) is 0 Å². The van der Waals surface area contributed by atoms with Crippen LogP contribution in [0.5, 0.6) is 5.75 Å². The van der Waals surface area contributed by atoms with Gasteiger partial charge in [0.25, 0.3) is 0 Å². The first-order valence-electron chi connectivity index (χ1n) is 6.02. The Balaban J connectivity index is 2.86. The van der Waals surface area contributed by atoms with Crippen LogP contribution in [-0.2, 0) is 10.5 Å². The minimum atomic E-state index is -0.868. The van der Waals surface area contributed by atoms with Gasteiger partial charge in [-0.15, -0.1) is 11.8 Å². The van der Waals surface area contributed by atoms with Crippen molar-refractivity contribution in [3.8, 4) is 5.75 Å². The fourth-order valence-corrected chi connectivity index (χ4v) is 2.78. The van der Waals surface area contributed by atoms with Gasteiger partial charge in [0.1, 0.15) is 5.25 Å². The molecule has 1 aromatic carbocycles. The number of methoxy groups -OCH3 is 1. The second kappa shape index (κ2) is 7.14. The molecule has 7 heteroatoms. The van der Waals surface area contributed by atoms with Crippen molar-refractivity contribution in [3.05, 3.63) is 33.9 Å². The second-order valence-corrected chi connectivity index (χ2v) is 5.71. The first-order valence-corrected chi connectivity index (χ1v) is 7.07. The van der Waals surface area contributed by atoms with Gasteiger partial charge in [0, 0.05) is 11.8 Å². The van der Waals surface area contributed by atoms with Crippen LogP contribution in [0.2, 0.25) is 0 Å². The average Bonchev–Trinajstić information content (AvgIpc) is 2.37. The minimum Gasteiger partial charge on any atom is -0.490 e. The number of thioether (sulfide) groups is 1. The molecule has 0 heterocycles. The number of rotatable bonds is 7. The quantitative estimate of drug-likeness (QED) is 0.615. The first-order chi connectivity index (χ1) is 9.36. The number of hydrogen-bond acceptors (Lipinski definition) is 5. The molecule has 20 heavy (non-hydrogen) atoms. The van der Waals surface area contributed by atoms with Gasteiger partial charge >= 0.3 is 11.7 Å². The van der Waals surface area contributed by atoms with Crippen molar-refractivity contribution >= 4 is 23.4 Å². The van der Waals surface area contributed by atoms with E-state index in [1.807, 2.05) is 13.8 Å². The van der Waals surface area contributed by atoms with Crippen LogP contribution in [0.3, 0.4) is 0 Å². The summed E-state index contributed by atoms with van der Waals surface area (Å²) >= 11 is 1.26. The van der Waals surface area contributed by atoms with E-state index < -0.39 is 16.1 Å². The number of ether oxygens (including phenoxy) is 1. The van der Waals surface area contributed by atoms with Crippen LogP contribution in [0.25, 0.3) is 0 Å². The highest BCUT2D eigenvalue weighted by atomic mass is 32.2. The maximum atomic E-state index is 11.1. The lowest BCUT2D eigenvalue weighted by molar-refractivity contribution is -0.385. The molecule has 1 N–H and O–H groups in total. The van der Waals surface area contributed by atoms with Gasteiger partial charge in [-0.05, 0) is 17.5 Å². The fourth-order valence-electron chi connectivity index (χ4n) is 1.70. The molecule has 1 unspecified atom stereocenters. The molecule has 110 valence electrons. The Morgan fingerprint density at radius 2 is 2.15 bits per heavy atom. The smallest absolute Gasteiger partial charge is 0.316 e. The van der Waals surface area contributed by atoms with Gasteiger partial charge in [-0.3, -0.25) is 14.9 Å². The van der Waals surface area contributed by atoms with Gasteiger partial charge in [-0.25, -0.2) is 0 Å². The van der Waals surface area contributed by atoms with Crippen molar-refractivity contribution in [1.82, 2.24) is 0 Å². The summed E-state index contributed by atoms with van der Waals surface area (Å²) in [5, 5.41) is 19.5. The minimum absolute atomic E-state index is 0.00858. The number of carboxylic acids is 1. The standard InChI is InChI=1S/C13H17NO5S/c1-8(2)12(13(15)16)20-7-9-4-5-11(19-3)10(6-9)14(17)18/h4-6,8,12H,7H2,1-3H3,(H,15,16). The van der Waals surface area contributed by atoms with Gasteiger partial charge in [0.15, 0.2) is 5.75 Å². The molecule has 0 aromatic heterocycles. The molecular weight excluding hydrogens is 282 g/mol. The average molecular weight is 299 g/mol. The number of carbonyl (C=O) groups is 1. The van der Waals surface area contributed by atoms with Crippen LogP contribution < -0.4 is 4.74 Å². The maximum Gasteiger partial charge on any atom is 0.316 e. The van der Waals surface area contributed by atoms with Crippen LogP contribution in [-0.4, -0.2) is 28.4 Å². The molecule has 1 rings (SSSR count). The van der Waals surface area contributed by atoms with Gasteiger partial charge in [-0.1, -0.05) is 19.9 Å². The highest BCUT2D eigenvalue weighted by Gasteiger charge is 2.22. The van der Waals surface area contributed by atoms with Crippen LogP contribution in [0.15, 0.2) is 18.2 Å². The molecule has 0 amide bonds. The molecule has 0 spiro atoms. The van der Waals surface area contributed by atoms with E-state index in [2.05, 4.69) is 0 Å². The van der Waals surface area contributed by atoms with Crippen LogP contribution in [0.1, 0.15) is 19.4 Å². The lowest BCUT2D eigenvalue weighted by Gasteiger charge is -2.15. The first kappa shape index (κ1) is 16.3. The highest BCUT2D eigenvalue weighted by molar-refractivity contribution is 7.99. The zero-order valence-corrected chi connectivity index (χ0v) is 12.3. The Morgan fingerprint density at radius 1 is 1.50 bits per heavy atom. The van der Waals surface area contributed by atoms with Crippen molar-refractivity contribution in [2.75, 3.05) is 7.11 Å². The summed E-state index contributed by atoms with van der Waals surface area (Å²) in [5.41, 5.74) is 0.594. The topological polar surface area (TPSA) is 89.7 Å². The van der Waals surface area contributed by atoms with E-state index in [1.165, 1.54) is 31.0 Å². The Hall–Kier alpha value is -1.76. The zero-order chi connectivity index (χ0) is 15.3. The van der Waals surface area contributed by atoms with Gasteiger partial charge in [0.05, 0.1) is 12.0 Å². The molecule has 0 aliphatic carbocycles. The van der Waals surface area contributed by atoms with E-state index in [4.69, 9.17) is 9.84 Å². The van der Waals surface area contributed by atoms with Crippen molar-refractivity contribution in [1.29, 1.82) is 0 Å². The Bertz CT molecular complexity index is 504. The van der Waals surface area contributed by atoms with Crippen molar-refractivity contribution < 1.29 is 19.6 Å². The molecule has 6 nitrogen and oxygen atoms in total. The molecule has 0 bridgehead atoms. The van der Waals surface area contributed by atoms with E-state index in [-0.39, 0.29) is 17.4 Å². The molecular formula is C13H17NO5S. The van der Waals surface area contributed by atoms with E-state index in [1.54, 1.807) is 6.07 Å². The molecule has 0 aliphatic rings. The number of aliphatic carboxylic acids is 1. The Labute approximate surface area is 121 Å². The number of benzene rings is 1. The molecule has 0 saturated heterocycles. The Kier molecular flexibility index (Phi) is 5.82. The van der Waals surface area contributed by atoms with Gasteiger partial charge in [0.2, 0.25) is 0 Å². The normalized spacial score (nSPS) is 12.2. The number of nitro groups is 1. The maximum absolute atomic E-state index is 11.1. The number of carboxylic acid groups (broad SMARTS) is 1. The van der Waals surface area contributed by atoms with Crippen LogP contribution >= 0.6 is 11.8 Å². The molecule has 1 atom stereocenters. The van der Waals surface area contributed by atoms with E-state index in [0.717, 1.165) is 0 Å². The summed E-state index contributed by atoms with van der Waals surface area (Å²) < 4.78 is 4.92. The third-order valence-corrected chi connectivity index (χ3v) is 4.32. The largest absolute Gasteiger partial charge is 0.490 e. The SMILES string of the molecule is COc1ccc(CSC(C(=O)O)C(C)C)cc1[N+](=O)[O-]. The molecule has 1 aromatic rings. The third kappa shape index (κ3) is 4.12. The van der Waals surface area contributed by atoms with Crippen molar-refractivity contribution in [2.45, 2.75) is 24.9 Å². The number of nitro benzene ring substituents is 1. The summed E-state index contributed by atoms with van der Waals surface area (Å²) in [5.74, 6) is -0.277. The van der Waals surface area contributed by atoms with E-state index >= 15 is 0 Å². The number of nitrogens with zero attached hydrogens (tertiary/aromatic N) is 1. The fraction of sp³-hybridized carbons (Fsp3) is 0.462.